The second kappa shape index (κ2) is 9.97. The molecule has 0 spiro atoms. The number of rotatable bonds is 9. The molecular weight excluding hydrogens is 378 g/mol. The third kappa shape index (κ3) is 5.74. The van der Waals surface area contributed by atoms with Gasteiger partial charge in [0.15, 0.2) is 11.5 Å². The molecule has 0 unspecified atom stereocenters. The van der Waals surface area contributed by atoms with Crippen LogP contribution in [-0.2, 0) is 13.2 Å². The SMILES string of the molecule is COc1cc(CNCCN(C)C)cc(Cl)c1OCc1c(F)cccc1Cl. The number of ether oxygens (including phenoxy) is 2. The van der Waals surface area contributed by atoms with E-state index < -0.39 is 5.82 Å². The van der Waals surface area contributed by atoms with Crippen molar-refractivity contribution in [3.8, 4) is 11.5 Å². The van der Waals surface area contributed by atoms with Gasteiger partial charge in [0.1, 0.15) is 12.4 Å². The summed E-state index contributed by atoms with van der Waals surface area (Å²) in [5, 5.41) is 4.05. The molecule has 0 aliphatic rings. The molecule has 0 aromatic heterocycles. The molecule has 0 bridgehead atoms. The number of likely N-dealkylation sites (N-methyl/N-ethyl adjacent to an activating group) is 1. The van der Waals surface area contributed by atoms with Crippen LogP contribution in [0.4, 0.5) is 4.39 Å². The van der Waals surface area contributed by atoms with Crippen molar-refractivity contribution in [2.75, 3.05) is 34.3 Å². The van der Waals surface area contributed by atoms with Crippen LogP contribution < -0.4 is 14.8 Å². The van der Waals surface area contributed by atoms with Crippen LogP contribution in [-0.4, -0.2) is 39.2 Å². The fourth-order valence-corrected chi connectivity index (χ4v) is 2.87. The van der Waals surface area contributed by atoms with Crippen LogP contribution in [0.3, 0.4) is 0 Å². The van der Waals surface area contributed by atoms with Crippen LogP contribution in [0.5, 0.6) is 11.5 Å². The highest BCUT2D eigenvalue weighted by molar-refractivity contribution is 6.32. The molecule has 26 heavy (non-hydrogen) atoms. The third-order valence-corrected chi connectivity index (χ3v) is 4.41. The molecule has 0 aliphatic heterocycles. The Morgan fingerprint density at radius 1 is 1.15 bits per heavy atom. The van der Waals surface area contributed by atoms with Gasteiger partial charge in [-0.3, -0.25) is 0 Å². The van der Waals surface area contributed by atoms with Crippen LogP contribution >= 0.6 is 23.2 Å². The van der Waals surface area contributed by atoms with Crippen LogP contribution in [0.2, 0.25) is 10.0 Å². The quantitative estimate of drug-likeness (QED) is 0.633. The number of hydrogen-bond donors (Lipinski definition) is 1. The summed E-state index contributed by atoms with van der Waals surface area (Å²) in [7, 11) is 5.59. The summed E-state index contributed by atoms with van der Waals surface area (Å²) >= 11 is 12.4. The van der Waals surface area contributed by atoms with E-state index in [-0.39, 0.29) is 12.2 Å². The first-order valence-electron chi connectivity index (χ1n) is 8.20. The Bertz CT molecular complexity index is 721. The van der Waals surface area contributed by atoms with Gasteiger partial charge in [-0.25, -0.2) is 4.39 Å². The number of methoxy groups -OCH3 is 1. The minimum absolute atomic E-state index is 0.0397. The zero-order valence-corrected chi connectivity index (χ0v) is 16.6. The Labute approximate surface area is 163 Å². The first-order valence-corrected chi connectivity index (χ1v) is 8.95. The van der Waals surface area contributed by atoms with E-state index in [0.29, 0.717) is 28.1 Å². The third-order valence-electron chi connectivity index (χ3n) is 3.78. The highest BCUT2D eigenvalue weighted by atomic mass is 35.5. The van der Waals surface area contributed by atoms with Gasteiger partial charge in [0.05, 0.1) is 17.2 Å². The molecule has 4 nitrogen and oxygen atoms in total. The largest absolute Gasteiger partial charge is 0.493 e. The van der Waals surface area contributed by atoms with Gasteiger partial charge in [0.2, 0.25) is 0 Å². The monoisotopic (exact) mass is 400 g/mol. The Morgan fingerprint density at radius 2 is 1.92 bits per heavy atom. The average molecular weight is 401 g/mol. The number of benzene rings is 2. The topological polar surface area (TPSA) is 33.7 Å². The van der Waals surface area contributed by atoms with Crippen molar-refractivity contribution in [1.82, 2.24) is 10.2 Å². The zero-order valence-electron chi connectivity index (χ0n) is 15.1. The molecule has 2 aromatic carbocycles. The average Bonchev–Trinajstić information content (AvgIpc) is 2.59. The van der Waals surface area contributed by atoms with Crippen LogP contribution in [0.15, 0.2) is 30.3 Å². The summed E-state index contributed by atoms with van der Waals surface area (Å²) in [5.41, 5.74) is 1.25. The molecule has 0 fully saturated rings. The molecular formula is C19H23Cl2FN2O2. The van der Waals surface area contributed by atoms with Crippen molar-refractivity contribution < 1.29 is 13.9 Å². The summed E-state index contributed by atoms with van der Waals surface area (Å²) in [6.45, 7) is 2.41. The van der Waals surface area contributed by atoms with E-state index in [2.05, 4.69) is 10.2 Å². The molecule has 0 heterocycles. The van der Waals surface area contributed by atoms with E-state index in [1.54, 1.807) is 12.1 Å². The number of hydrogen-bond acceptors (Lipinski definition) is 4. The summed E-state index contributed by atoms with van der Waals surface area (Å²) < 4.78 is 25.0. The first kappa shape index (κ1) is 20.8. The number of halogens is 3. The van der Waals surface area contributed by atoms with E-state index in [9.17, 15) is 4.39 Å². The van der Waals surface area contributed by atoms with Crippen molar-refractivity contribution in [2.45, 2.75) is 13.2 Å². The molecule has 2 aromatic rings. The van der Waals surface area contributed by atoms with E-state index in [1.807, 2.05) is 26.2 Å². The molecule has 7 heteroatoms. The second-order valence-electron chi connectivity index (χ2n) is 6.08. The van der Waals surface area contributed by atoms with Gasteiger partial charge in [-0.05, 0) is 43.9 Å². The predicted molar refractivity (Wildman–Crippen MR) is 104 cm³/mol. The molecule has 142 valence electrons. The van der Waals surface area contributed by atoms with Gasteiger partial charge in [-0.15, -0.1) is 0 Å². The fraction of sp³-hybridized carbons (Fsp3) is 0.368. The Hall–Kier alpha value is -1.53. The lowest BCUT2D eigenvalue weighted by atomic mass is 10.2. The van der Waals surface area contributed by atoms with E-state index in [1.165, 1.54) is 13.2 Å². The van der Waals surface area contributed by atoms with Gasteiger partial charge in [0.25, 0.3) is 0 Å². The van der Waals surface area contributed by atoms with E-state index >= 15 is 0 Å². The summed E-state index contributed by atoms with van der Waals surface area (Å²) in [4.78, 5) is 2.10. The summed E-state index contributed by atoms with van der Waals surface area (Å²) in [6.07, 6.45) is 0. The minimum Gasteiger partial charge on any atom is -0.493 e. The van der Waals surface area contributed by atoms with Gasteiger partial charge in [-0.2, -0.15) is 0 Å². The van der Waals surface area contributed by atoms with Crippen molar-refractivity contribution in [3.05, 3.63) is 57.3 Å². The highest BCUT2D eigenvalue weighted by Crippen LogP contribution is 2.37. The first-order chi connectivity index (χ1) is 12.4. The van der Waals surface area contributed by atoms with Crippen LogP contribution in [0.1, 0.15) is 11.1 Å². The summed E-state index contributed by atoms with van der Waals surface area (Å²) in [5.74, 6) is 0.439. The predicted octanol–water partition coefficient (Wildman–Crippen LogP) is 4.37. The maximum absolute atomic E-state index is 13.9. The van der Waals surface area contributed by atoms with E-state index in [4.69, 9.17) is 32.7 Å². The van der Waals surface area contributed by atoms with Gasteiger partial charge in [-0.1, -0.05) is 29.3 Å². The second-order valence-corrected chi connectivity index (χ2v) is 6.89. The van der Waals surface area contributed by atoms with Gasteiger partial charge >= 0.3 is 0 Å². The normalized spacial score (nSPS) is 11.0. The molecule has 2 rings (SSSR count). The lowest BCUT2D eigenvalue weighted by Crippen LogP contribution is -2.26. The molecule has 0 amide bonds. The molecule has 0 saturated carbocycles. The lowest BCUT2D eigenvalue weighted by molar-refractivity contribution is 0.280. The smallest absolute Gasteiger partial charge is 0.180 e. The van der Waals surface area contributed by atoms with Crippen molar-refractivity contribution in [3.63, 3.8) is 0 Å². The molecule has 0 radical (unpaired) electrons. The van der Waals surface area contributed by atoms with Gasteiger partial charge < -0.3 is 19.7 Å². The minimum atomic E-state index is -0.422. The molecule has 0 saturated heterocycles. The number of nitrogens with one attached hydrogen (secondary N) is 1. The number of nitrogens with zero attached hydrogens (tertiary/aromatic N) is 1. The van der Waals surface area contributed by atoms with Gasteiger partial charge in [0, 0.05) is 25.2 Å². The fourth-order valence-electron chi connectivity index (χ4n) is 2.37. The Balaban J connectivity index is 2.09. The lowest BCUT2D eigenvalue weighted by Gasteiger charge is -2.16. The summed E-state index contributed by atoms with van der Waals surface area (Å²) in [6, 6.07) is 8.17. The Morgan fingerprint density at radius 3 is 2.58 bits per heavy atom. The Kier molecular flexibility index (Phi) is 7.97. The van der Waals surface area contributed by atoms with Crippen LogP contribution in [0, 0.1) is 5.82 Å². The zero-order chi connectivity index (χ0) is 19.1. The highest BCUT2D eigenvalue weighted by Gasteiger charge is 2.14. The van der Waals surface area contributed by atoms with Crippen molar-refractivity contribution >= 4 is 23.2 Å². The molecule has 0 atom stereocenters. The molecule has 0 aliphatic carbocycles. The van der Waals surface area contributed by atoms with Crippen molar-refractivity contribution in [2.24, 2.45) is 0 Å². The standard InChI is InChI=1S/C19H23Cl2FN2O2/c1-24(2)8-7-23-11-13-9-16(21)19(18(10-13)25-3)26-12-14-15(20)5-4-6-17(14)22/h4-6,9-10,23H,7-8,11-12H2,1-3H3. The van der Waals surface area contributed by atoms with Crippen LogP contribution in [0.25, 0.3) is 0 Å². The molecule has 1 N–H and O–H groups in total. The van der Waals surface area contributed by atoms with E-state index in [0.717, 1.165) is 18.7 Å². The maximum atomic E-state index is 13.9. The van der Waals surface area contributed by atoms with Crippen molar-refractivity contribution in [1.29, 1.82) is 0 Å². The maximum Gasteiger partial charge on any atom is 0.180 e.